The number of hydrogen-bond acceptors (Lipinski definition) is 14. The van der Waals surface area contributed by atoms with E-state index < -0.39 is 0 Å². The van der Waals surface area contributed by atoms with Gasteiger partial charge in [-0.3, -0.25) is 4.90 Å². The molecule has 61 heavy (non-hydrogen) atoms. The van der Waals surface area contributed by atoms with E-state index >= 15 is 0 Å². The molecule has 1 saturated heterocycles. The second-order valence-corrected chi connectivity index (χ2v) is 16.1. The zero-order valence-corrected chi connectivity index (χ0v) is 37.4. The molecule has 0 amide bonds. The molecule has 2 N–H and O–H groups in total. The van der Waals surface area contributed by atoms with E-state index in [9.17, 15) is 0 Å². The van der Waals surface area contributed by atoms with Gasteiger partial charge < -0.3 is 43.5 Å². The molecule has 5 heterocycles. The van der Waals surface area contributed by atoms with Gasteiger partial charge in [-0.05, 0) is 79.7 Å². The second-order valence-electron chi connectivity index (χ2n) is 15.7. The molecular formula is C45H59ClN8O7. The van der Waals surface area contributed by atoms with Crippen molar-refractivity contribution in [3.63, 3.8) is 0 Å². The number of fused-ring (bicyclic) bond motifs is 2. The minimum absolute atomic E-state index is 0.0119. The van der Waals surface area contributed by atoms with Gasteiger partial charge in [-0.2, -0.15) is 4.98 Å². The highest BCUT2D eigenvalue weighted by Crippen LogP contribution is 2.39. The van der Waals surface area contributed by atoms with Crippen LogP contribution in [-0.2, 0) is 9.47 Å². The maximum atomic E-state index is 6.77. The Morgan fingerprint density at radius 1 is 0.738 bits per heavy atom. The van der Waals surface area contributed by atoms with Crippen LogP contribution in [0.3, 0.4) is 0 Å². The summed E-state index contributed by atoms with van der Waals surface area (Å²) >= 11 is 6.77. The van der Waals surface area contributed by atoms with E-state index in [-0.39, 0.29) is 18.2 Å². The lowest BCUT2D eigenvalue weighted by Gasteiger charge is -2.26. The third kappa shape index (κ3) is 12.6. The highest BCUT2D eigenvalue weighted by molar-refractivity contribution is 6.36. The topological polar surface area (TPSA) is 152 Å². The summed E-state index contributed by atoms with van der Waals surface area (Å²) in [6, 6.07) is 16.3. The highest BCUT2D eigenvalue weighted by Gasteiger charge is 2.19. The smallest absolute Gasteiger partial charge is 0.295 e. The molecule has 4 aromatic heterocycles. The van der Waals surface area contributed by atoms with Crippen molar-refractivity contribution in [3.05, 3.63) is 66.0 Å². The van der Waals surface area contributed by atoms with Gasteiger partial charge in [0.1, 0.15) is 59.0 Å². The number of aromatic nitrogens is 5. The molecule has 0 radical (unpaired) electrons. The van der Waals surface area contributed by atoms with Crippen molar-refractivity contribution in [2.24, 2.45) is 0 Å². The summed E-state index contributed by atoms with van der Waals surface area (Å²) in [6.07, 6.45) is 3.50. The van der Waals surface area contributed by atoms with Crippen molar-refractivity contribution in [2.45, 2.75) is 79.7 Å². The van der Waals surface area contributed by atoms with Crippen molar-refractivity contribution in [1.82, 2.24) is 29.6 Å². The molecule has 1 fully saturated rings. The quantitative estimate of drug-likeness (QED) is 0.0791. The molecule has 0 bridgehead atoms. The standard InChI is InChI=1S/C24H31ClN4O4.C21H28N4O3/c1-15(2)26-24-28-19(14-32-24)18-13-21(33-16(3)4)17-5-6-20(22(25)23(17)27-18)31-12-9-29-7-10-30-11-8-29;1-14(2)22-20-8-9-25(24-20)21-13-19(28-15(3)4)17-7-6-16(12-18(17)23-21)27-11-10-26-5/h5-6,13-16H,7-12H2,1-4H3,(H,26,28);6-9,12-15H,10-11H2,1-5H3,(H,22,24). The van der Waals surface area contributed by atoms with Gasteiger partial charge >= 0.3 is 0 Å². The summed E-state index contributed by atoms with van der Waals surface area (Å²) in [5.41, 5.74) is 2.61. The summed E-state index contributed by atoms with van der Waals surface area (Å²) < 4.78 is 41.6. The van der Waals surface area contributed by atoms with Crippen molar-refractivity contribution in [2.75, 3.05) is 70.4 Å². The number of nitrogens with one attached hydrogen (secondary N) is 2. The first-order chi connectivity index (χ1) is 29.4. The lowest BCUT2D eigenvalue weighted by Crippen LogP contribution is -2.38. The normalized spacial score (nSPS) is 13.3. The zero-order valence-electron chi connectivity index (χ0n) is 36.7. The molecule has 328 valence electrons. The van der Waals surface area contributed by atoms with Crippen LogP contribution in [0.5, 0.6) is 23.0 Å². The Hall–Kier alpha value is -5.35. The molecule has 6 aromatic rings. The van der Waals surface area contributed by atoms with Crippen molar-refractivity contribution >= 4 is 45.2 Å². The fourth-order valence-electron chi connectivity index (χ4n) is 6.41. The number of nitrogens with zero attached hydrogens (tertiary/aromatic N) is 6. The molecule has 0 aliphatic carbocycles. The van der Waals surface area contributed by atoms with Crippen LogP contribution in [0, 0.1) is 0 Å². The molecule has 0 spiro atoms. The first-order valence-corrected chi connectivity index (χ1v) is 21.3. The van der Waals surface area contributed by atoms with E-state index in [0.29, 0.717) is 71.1 Å². The Morgan fingerprint density at radius 3 is 2.16 bits per heavy atom. The largest absolute Gasteiger partial charge is 0.491 e. The van der Waals surface area contributed by atoms with Crippen LogP contribution in [0.2, 0.25) is 5.02 Å². The third-order valence-corrected chi connectivity index (χ3v) is 9.43. The van der Waals surface area contributed by atoms with E-state index in [1.165, 1.54) is 0 Å². The maximum Gasteiger partial charge on any atom is 0.295 e. The predicted octanol–water partition coefficient (Wildman–Crippen LogP) is 8.91. The summed E-state index contributed by atoms with van der Waals surface area (Å²) in [7, 11) is 1.65. The Bertz CT molecular complexity index is 2320. The lowest BCUT2D eigenvalue weighted by atomic mass is 10.1. The first-order valence-electron chi connectivity index (χ1n) is 20.9. The van der Waals surface area contributed by atoms with E-state index in [1.54, 1.807) is 18.1 Å². The van der Waals surface area contributed by atoms with Crippen LogP contribution in [0.25, 0.3) is 39.0 Å². The van der Waals surface area contributed by atoms with Crippen LogP contribution >= 0.6 is 11.6 Å². The van der Waals surface area contributed by atoms with Gasteiger partial charge in [0.2, 0.25) is 0 Å². The fraction of sp³-hybridized carbons (Fsp3) is 0.467. The number of anilines is 2. The molecule has 7 rings (SSSR count). The number of hydrogen-bond donors (Lipinski definition) is 2. The van der Waals surface area contributed by atoms with Crippen LogP contribution in [0.1, 0.15) is 55.4 Å². The summed E-state index contributed by atoms with van der Waals surface area (Å²) in [5, 5.41) is 13.2. The fourth-order valence-corrected chi connectivity index (χ4v) is 6.67. The predicted molar refractivity (Wildman–Crippen MR) is 240 cm³/mol. The van der Waals surface area contributed by atoms with Gasteiger partial charge in [0, 0.05) is 80.1 Å². The monoisotopic (exact) mass is 858 g/mol. The second kappa shape index (κ2) is 21.4. The van der Waals surface area contributed by atoms with Crippen LogP contribution in [-0.4, -0.2) is 114 Å². The molecule has 1 aliphatic heterocycles. The molecule has 2 aromatic carbocycles. The molecule has 0 unspecified atom stereocenters. The van der Waals surface area contributed by atoms with Crippen LogP contribution < -0.4 is 29.6 Å². The van der Waals surface area contributed by atoms with E-state index in [1.807, 2.05) is 96.3 Å². The molecular weight excluding hydrogens is 800 g/mol. The van der Waals surface area contributed by atoms with Gasteiger partial charge in [0.05, 0.1) is 48.8 Å². The van der Waals surface area contributed by atoms with E-state index in [0.717, 1.165) is 66.5 Å². The number of morpholine rings is 1. The Labute approximate surface area is 363 Å². The average Bonchev–Trinajstić information content (AvgIpc) is 3.88. The summed E-state index contributed by atoms with van der Waals surface area (Å²) in [4.78, 5) is 16.4. The average molecular weight is 859 g/mol. The van der Waals surface area contributed by atoms with E-state index in [4.69, 9.17) is 54.4 Å². The van der Waals surface area contributed by atoms with Gasteiger partial charge in [0.15, 0.2) is 5.82 Å². The number of pyridine rings is 2. The summed E-state index contributed by atoms with van der Waals surface area (Å²) in [5.74, 6) is 4.29. The molecule has 0 saturated carbocycles. The van der Waals surface area contributed by atoms with Gasteiger partial charge in [-0.25, -0.2) is 14.6 Å². The molecule has 0 atom stereocenters. The molecule has 1 aliphatic rings. The van der Waals surface area contributed by atoms with Crippen LogP contribution in [0.15, 0.2) is 65.4 Å². The van der Waals surface area contributed by atoms with Gasteiger partial charge in [-0.15, -0.1) is 5.10 Å². The first kappa shape index (κ1) is 45.2. The number of methoxy groups -OCH3 is 1. The third-order valence-electron chi connectivity index (χ3n) is 9.07. The Balaban J connectivity index is 0.000000207. The Morgan fingerprint density at radius 2 is 1.46 bits per heavy atom. The van der Waals surface area contributed by atoms with Crippen LogP contribution in [0.4, 0.5) is 11.8 Å². The number of rotatable bonds is 18. The van der Waals surface area contributed by atoms with Gasteiger partial charge in [-0.1, -0.05) is 11.6 Å². The minimum Gasteiger partial charge on any atom is -0.491 e. The van der Waals surface area contributed by atoms with Crippen molar-refractivity contribution < 1.29 is 32.8 Å². The molecule has 16 heteroatoms. The Kier molecular flexibility index (Phi) is 15.9. The zero-order chi connectivity index (χ0) is 43.5. The number of ether oxygens (including phenoxy) is 6. The number of oxazole rings is 1. The van der Waals surface area contributed by atoms with E-state index in [2.05, 4.69) is 39.5 Å². The maximum absolute atomic E-state index is 6.77. The van der Waals surface area contributed by atoms with Gasteiger partial charge in [0.25, 0.3) is 6.01 Å². The highest BCUT2D eigenvalue weighted by atomic mass is 35.5. The minimum atomic E-state index is -0.0119. The SMILES string of the molecule is CC(C)Nc1nc(-c2cc(OC(C)C)c3ccc(OCCN4CCOCC4)c(Cl)c3n2)co1.COCCOc1ccc2c(OC(C)C)cc(-n3ccc(NC(C)C)n3)nc2c1. The summed E-state index contributed by atoms with van der Waals surface area (Å²) in [6.45, 7) is 21.9. The van der Waals surface area contributed by atoms with Crippen molar-refractivity contribution in [1.29, 1.82) is 0 Å². The molecule has 15 nitrogen and oxygen atoms in total. The van der Waals surface area contributed by atoms with Crippen molar-refractivity contribution in [3.8, 4) is 40.2 Å². The number of benzene rings is 2. The lowest BCUT2D eigenvalue weighted by molar-refractivity contribution is 0.0322. The number of halogens is 1.